The van der Waals surface area contributed by atoms with Gasteiger partial charge in [0.05, 0.1) is 16.8 Å². The van der Waals surface area contributed by atoms with Crippen LogP contribution >= 0.6 is 11.3 Å². The molecule has 1 N–H and O–H groups in total. The Bertz CT molecular complexity index is 1330. The summed E-state index contributed by atoms with van der Waals surface area (Å²) >= 11 is 1.56. The zero-order valence-electron chi connectivity index (χ0n) is 17.2. The minimum atomic E-state index is -0.224. The van der Waals surface area contributed by atoms with Crippen LogP contribution in [-0.2, 0) is 19.5 Å². The number of fused-ring (bicyclic) bond motifs is 2. The third-order valence-electron chi connectivity index (χ3n) is 5.42. The first-order valence-electron chi connectivity index (χ1n) is 10.1. The van der Waals surface area contributed by atoms with E-state index in [0.717, 1.165) is 30.1 Å². The number of rotatable bonds is 5. The van der Waals surface area contributed by atoms with Gasteiger partial charge in [-0.2, -0.15) is 5.10 Å². The Balaban J connectivity index is 1.58. The quantitative estimate of drug-likeness (QED) is 0.485. The van der Waals surface area contributed by atoms with Crippen LogP contribution in [0.1, 0.15) is 11.1 Å². The molecule has 156 valence electrons. The lowest BCUT2D eigenvalue weighted by molar-refractivity contribution is 0.313. The molecule has 31 heavy (non-hydrogen) atoms. The zero-order chi connectivity index (χ0) is 21.4. The number of allylic oxidation sites excluding steroid dienone is 1. The van der Waals surface area contributed by atoms with E-state index in [1.165, 1.54) is 15.8 Å². The van der Waals surface area contributed by atoms with Gasteiger partial charge < -0.3 is 10.2 Å². The van der Waals surface area contributed by atoms with Crippen LogP contribution in [0.3, 0.4) is 0 Å². The number of hydrogen-bond donors (Lipinski definition) is 1. The molecule has 0 bridgehead atoms. The maximum atomic E-state index is 12.9. The first-order chi connectivity index (χ1) is 15.1. The van der Waals surface area contributed by atoms with Gasteiger partial charge in [-0.15, -0.1) is 17.9 Å². The van der Waals surface area contributed by atoms with Crippen LogP contribution in [0.15, 0.2) is 59.4 Å². The molecule has 5 rings (SSSR count). The molecule has 4 heterocycles. The Morgan fingerprint density at radius 1 is 1.29 bits per heavy atom. The highest BCUT2D eigenvalue weighted by Gasteiger charge is 2.17. The standard InChI is InChI=1S/C23H22N6OS/c1-3-9-29-22(30)18-13-24-23(26-20(18)21(27-29)19-5-4-11-31-19)25-17-7-6-15-8-10-28(2)14-16(15)12-17/h3-7,11-13H,1,8-10,14H2,2H3,(H,24,25,26). The molecule has 0 saturated carbocycles. The van der Waals surface area contributed by atoms with E-state index in [4.69, 9.17) is 0 Å². The van der Waals surface area contributed by atoms with E-state index in [9.17, 15) is 4.79 Å². The Kier molecular flexibility index (Phi) is 5.09. The lowest BCUT2D eigenvalue weighted by Crippen LogP contribution is -2.26. The van der Waals surface area contributed by atoms with E-state index < -0.39 is 0 Å². The summed E-state index contributed by atoms with van der Waals surface area (Å²) in [5, 5.41) is 10.3. The fraction of sp³-hybridized carbons (Fsp3) is 0.217. The minimum absolute atomic E-state index is 0.224. The highest BCUT2D eigenvalue weighted by atomic mass is 32.1. The number of hydrogen-bond acceptors (Lipinski definition) is 7. The maximum Gasteiger partial charge on any atom is 0.278 e. The predicted molar refractivity (Wildman–Crippen MR) is 125 cm³/mol. The third-order valence-corrected chi connectivity index (χ3v) is 6.30. The minimum Gasteiger partial charge on any atom is -0.324 e. The fourth-order valence-corrected chi connectivity index (χ4v) is 4.57. The Morgan fingerprint density at radius 2 is 2.19 bits per heavy atom. The van der Waals surface area contributed by atoms with Crippen molar-refractivity contribution in [2.75, 3.05) is 18.9 Å². The fourth-order valence-electron chi connectivity index (χ4n) is 3.86. The van der Waals surface area contributed by atoms with Crippen LogP contribution < -0.4 is 10.9 Å². The molecule has 0 unspecified atom stereocenters. The summed E-state index contributed by atoms with van der Waals surface area (Å²) < 4.78 is 1.40. The molecule has 1 aliphatic heterocycles. The van der Waals surface area contributed by atoms with Crippen molar-refractivity contribution < 1.29 is 0 Å². The normalized spacial score (nSPS) is 13.8. The zero-order valence-corrected chi connectivity index (χ0v) is 18.0. The average Bonchev–Trinajstić information content (AvgIpc) is 3.30. The summed E-state index contributed by atoms with van der Waals surface area (Å²) in [6, 6.07) is 10.3. The van der Waals surface area contributed by atoms with Crippen molar-refractivity contribution in [3.63, 3.8) is 0 Å². The van der Waals surface area contributed by atoms with E-state index >= 15 is 0 Å². The largest absolute Gasteiger partial charge is 0.324 e. The summed E-state index contributed by atoms with van der Waals surface area (Å²) in [6.45, 7) is 6.06. The van der Waals surface area contributed by atoms with Crippen LogP contribution in [0.5, 0.6) is 0 Å². The third kappa shape index (κ3) is 3.75. The van der Waals surface area contributed by atoms with Crippen molar-refractivity contribution in [2.45, 2.75) is 19.5 Å². The van der Waals surface area contributed by atoms with Gasteiger partial charge in [-0.05, 0) is 48.2 Å². The molecule has 3 aromatic heterocycles. The summed E-state index contributed by atoms with van der Waals surface area (Å²) in [7, 11) is 2.13. The molecule has 4 aromatic rings. The molecular formula is C23H22N6OS. The molecule has 0 spiro atoms. The van der Waals surface area contributed by atoms with Crippen LogP contribution in [0, 0.1) is 0 Å². The van der Waals surface area contributed by atoms with Gasteiger partial charge in [-0.25, -0.2) is 14.6 Å². The van der Waals surface area contributed by atoms with Crippen molar-refractivity contribution in [3.8, 4) is 10.6 Å². The number of aromatic nitrogens is 4. The lowest BCUT2D eigenvalue weighted by Gasteiger charge is -2.25. The number of nitrogens with one attached hydrogen (secondary N) is 1. The number of likely N-dealkylation sites (N-methyl/N-ethyl adjacent to an activating group) is 1. The summed E-state index contributed by atoms with van der Waals surface area (Å²) in [4.78, 5) is 25.2. The van der Waals surface area contributed by atoms with Crippen LogP contribution in [-0.4, -0.2) is 38.2 Å². The molecular weight excluding hydrogens is 408 g/mol. The number of nitrogens with zero attached hydrogens (tertiary/aromatic N) is 5. The molecule has 0 radical (unpaired) electrons. The molecule has 7 nitrogen and oxygen atoms in total. The van der Waals surface area contributed by atoms with Gasteiger partial charge >= 0.3 is 0 Å². The van der Waals surface area contributed by atoms with E-state index in [1.54, 1.807) is 23.6 Å². The van der Waals surface area contributed by atoms with Gasteiger partial charge in [-0.1, -0.05) is 18.2 Å². The highest BCUT2D eigenvalue weighted by Crippen LogP contribution is 2.28. The van der Waals surface area contributed by atoms with Gasteiger partial charge in [0.15, 0.2) is 0 Å². The van der Waals surface area contributed by atoms with Crippen LogP contribution in [0.2, 0.25) is 0 Å². The Hall–Kier alpha value is -3.36. The number of benzene rings is 1. The van der Waals surface area contributed by atoms with Crippen molar-refractivity contribution in [1.82, 2.24) is 24.6 Å². The van der Waals surface area contributed by atoms with Crippen molar-refractivity contribution in [3.05, 3.63) is 76.0 Å². The molecule has 0 amide bonds. The van der Waals surface area contributed by atoms with Crippen molar-refractivity contribution in [1.29, 1.82) is 0 Å². The second-order valence-corrected chi connectivity index (χ2v) is 8.60. The van der Waals surface area contributed by atoms with Gasteiger partial charge in [-0.3, -0.25) is 4.79 Å². The van der Waals surface area contributed by atoms with Gasteiger partial charge in [0.2, 0.25) is 5.95 Å². The van der Waals surface area contributed by atoms with E-state index in [2.05, 4.69) is 57.1 Å². The van der Waals surface area contributed by atoms with E-state index in [1.807, 2.05) is 17.5 Å². The van der Waals surface area contributed by atoms with Gasteiger partial charge in [0.25, 0.3) is 5.56 Å². The van der Waals surface area contributed by atoms with Gasteiger partial charge in [0.1, 0.15) is 11.2 Å². The highest BCUT2D eigenvalue weighted by molar-refractivity contribution is 7.13. The molecule has 0 saturated heterocycles. The van der Waals surface area contributed by atoms with Crippen molar-refractivity contribution >= 4 is 33.9 Å². The summed E-state index contributed by atoms with van der Waals surface area (Å²) in [6.07, 6.45) is 4.30. The van der Waals surface area contributed by atoms with E-state index in [-0.39, 0.29) is 5.56 Å². The number of anilines is 2. The van der Waals surface area contributed by atoms with Gasteiger partial charge in [0, 0.05) is 25.0 Å². The molecule has 1 aromatic carbocycles. The lowest BCUT2D eigenvalue weighted by atomic mass is 9.99. The number of thiophene rings is 1. The molecule has 0 aliphatic carbocycles. The SMILES string of the molecule is C=CCn1nc(-c2cccs2)c2nc(Nc3ccc4c(c3)CN(C)CC4)ncc2c1=O. The molecule has 0 atom stereocenters. The van der Waals surface area contributed by atoms with Crippen molar-refractivity contribution in [2.24, 2.45) is 0 Å². The Morgan fingerprint density at radius 3 is 3.00 bits per heavy atom. The monoisotopic (exact) mass is 430 g/mol. The Labute approximate surface area is 183 Å². The predicted octanol–water partition coefficient (Wildman–Crippen LogP) is 3.83. The van der Waals surface area contributed by atoms with E-state index in [0.29, 0.717) is 29.1 Å². The average molecular weight is 431 g/mol. The second kappa shape index (κ2) is 8.05. The first-order valence-corrected chi connectivity index (χ1v) is 11.0. The molecule has 0 fully saturated rings. The smallest absolute Gasteiger partial charge is 0.278 e. The first kappa shape index (κ1) is 19.6. The summed E-state index contributed by atoms with van der Waals surface area (Å²) in [5.74, 6) is 0.442. The maximum absolute atomic E-state index is 12.9. The van der Waals surface area contributed by atoms with Crippen LogP contribution in [0.25, 0.3) is 21.5 Å². The molecule has 1 aliphatic rings. The molecule has 8 heteroatoms. The second-order valence-electron chi connectivity index (χ2n) is 7.65. The topological polar surface area (TPSA) is 75.9 Å². The summed E-state index contributed by atoms with van der Waals surface area (Å²) in [5.41, 5.74) is 4.62. The van der Waals surface area contributed by atoms with Crippen LogP contribution in [0.4, 0.5) is 11.6 Å².